The maximum absolute atomic E-state index is 12.3. The van der Waals surface area contributed by atoms with Crippen molar-refractivity contribution in [2.75, 3.05) is 12.9 Å². The number of halogens is 1. The van der Waals surface area contributed by atoms with E-state index in [2.05, 4.69) is 20.7 Å². The first-order valence-electron chi connectivity index (χ1n) is 10.2. The van der Waals surface area contributed by atoms with Crippen LogP contribution in [0, 0.1) is 0 Å². The molecule has 1 amide bonds. The summed E-state index contributed by atoms with van der Waals surface area (Å²) >= 11 is 7.34. The van der Waals surface area contributed by atoms with Gasteiger partial charge in [-0.1, -0.05) is 23.7 Å². The molecular formula is C24H21ClN5O3S+. The molecule has 0 atom stereocenters. The number of nitrogens with one attached hydrogen (secondary N) is 2. The molecular weight excluding hydrogens is 474 g/mol. The van der Waals surface area contributed by atoms with Gasteiger partial charge in [0.1, 0.15) is 17.2 Å². The number of aromatic amines is 1. The Balaban J connectivity index is 1.52. The first kappa shape index (κ1) is 23.3. The van der Waals surface area contributed by atoms with Gasteiger partial charge in [0.15, 0.2) is 0 Å². The second kappa shape index (κ2) is 10.9. The number of aromatic hydroxyl groups is 1. The van der Waals surface area contributed by atoms with E-state index in [-0.39, 0.29) is 17.4 Å². The van der Waals surface area contributed by atoms with Crippen LogP contribution in [0.4, 0.5) is 0 Å². The number of carbonyl (C=O) groups is 1. The van der Waals surface area contributed by atoms with E-state index in [4.69, 9.17) is 16.3 Å². The van der Waals surface area contributed by atoms with Gasteiger partial charge in [-0.15, -0.1) is 5.10 Å². The fraction of sp³-hybridized carbons (Fsp3) is 0.0833. The normalized spacial score (nSPS) is 11.0. The molecule has 3 aromatic carbocycles. The Hall–Kier alpha value is -3.82. The Kier molecular flexibility index (Phi) is 7.46. The maximum atomic E-state index is 12.3. The van der Waals surface area contributed by atoms with Gasteiger partial charge >= 0.3 is 5.16 Å². The number of phenolic OH excluding ortho intramolecular Hbond substituents is 1. The van der Waals surface area contributed by atoms with Crippen LogP contribution in [-0.2, 0) is 4.79 Å². The number of nitrogens with zero attached hydrogens (tertiary/aromatic N) is 3. The van der Waals surface area contributed by atoms with E-state index in [1.165, 1.54) is 18.0 Å². The van der Waals surface area contributed by atoms with Gasteiger partial charge in [0.2, 0.25) is 0 Å². The van der Waals surface area contributed by atoms with Gasteiger partial charge in [-0.05, 0) is 78.0 Å². The van der Waals surface area contributed by atoms with Crippen molar-refractivity contribution in [3.8, 4) is 28.6 Å². The number of rotatable bonds is 8. The minimum atomic E-state index is -0.293. The lowest BCUT2D eigenvalue weighted by molar-refractivity contribution is -0.625. The molecule has 8 nitrogen and oxygen atoms in total. The zero-order valence-corrected chi connectivity index (χ0v) is 19.7. The van der Waals surface area contributed by atoms with Gasteiger partial charge < -0.3 is 9.84 Å². The summed E-state index contributed by atoms with van der Waals surface area (Å²) in [5.74, 6) is 1.42. The largest absolute Gasteiger partial charge is 0.508 e. The molecule has 34 heavy (non-hydrogen) atoms. The Morgan fingerprint density at radius 2 is 1.97 bits per heavy atom. The van der Waals surface area contributed by atoms with Gasteiger partial charge in [-0.3, -0.25) is 4.79 Å². The summed E-state index contributed by atoms with van der Waals surface area (Å²) in [6, 6.07) is 21.5. The monoisotopic (exact) mass is 494 g/mol. The summed E-state index contributed by atoms with van der Waals surface area (Å²) in [4.78, 5) is 12.3. The molecule has 0 aliphatic carbocycles. The quantitative estimate of drug-likeness (QED) is 0.149. The molecule has 0 unspecified atom stereocenters. The molecule has 0 saturated heterocycles. The van der Waals surface area contributed by atoms with Crippen LogP contribution in [0.3, 0.4) is 0 Å². The Bertz CT molecular complexity index is 1310. The molecule has 0 spiro atoms. The number of benzene rings is 3. The highest BCUT2D eigenvalue weighted by Crippen LogP contribution is 2.23. The van der Waals surface area contributed by atoms with Crippen LogP contribution in [0.2, 0.25) is 5.02 Å². The number of thioether (sulfide) groups is 1. The van der Waals surface area contributed by atoms with Crippen molar-refractivity contribution in [1.29, 1.82) is 0 Å². The molecule has 1 heterocycles. The van der Waals surface area contributed by atoms with E-state index in [9.17, 15) is 9.90 Å². The topological polar surface area (TPSA) is 103 Å². The van der Waals surface area contributed by atoms with Crippen molar-refractivity contribution in [2.24, 2.45) is 5.10 Å². The second-order valence-electron chi connectivity index (χ2n) is 7.07. The predicted molar refractivity (Wildman–Crippen MR) is 132 cm³/mol. The molecule has 0 aliphatic heterocycles. The van der Waals surface area contributed by atoms with Crippen LogP contribution >= 0.6 is 23.4 Å². The highest BCUT2D eigenvalue weighted by atomic mass is 35.5. The maximum Gasteiger partial charge on any atom is 0.342 e. The number of amides is 1. The minimum absolute atomic E-state index is 0.0951. The van der Waals surface area contributed by atoms with Gasteiger partial charge in [0.05, 0.1) is 29.7 Å². The number of ether oxygens (including phenoxy) is 1. The number of hydrazone groups is 1. The second-order valence-corrected chi connectivity index (χ2v) is 8.45. The predicted octanol–water partition coefficient (Wildman–Crippen LogP) is 3.96. The fourth-order valence-corrected chi connectivity index (χ4v) is 4.00. The van der Waals surface area contributed by atoms with Crippen LogP contribution < -0.4 is 14.7 Å². The number of phenols is 1. The fourth-order valence-electron chi connectivity index (χ4n) is 3.11. The smallest absolute Gasteiger partial charge is 0.342 e. The standard InChI is InChI=1S/C24H20ClN5O3S/c1-33-21-11-5-17(6-12-21)23-28-29-24(30(23)19-9-7-18(25)8-10-19)34-15-22(32)27-26-14-16-3-2-4-20(31)13-16/h2-14H,15H2,1H3,(H2,27,31,32)/p+1. The highest BCUT2D eigenvalue weighted by molar-refractivity contribution is 7.99. The van der Waals surface area contributed by atoms with Gasteiger partial charge in [-0.2, -0.15) is 9.67 Å². The summed E-state index contributed by atoms with van der Waals surface area (Å²) in [5.41, 5.74) is 4.90. The molecule has 172 valence electrons. The third-order valence-electron chi connectivity index (χ3n) is 4.73. The lowest BCUT2D eigenvalue weighted by Crippen LogP contribution is -2.34. The average Bonchev–Trinajstić information content (AvgIpc) is 3.27. The molecule has 10 heteroatoms. The van der Waals surface area contributed by atoms with E-state index in [0.29, 0.717) is 15.7 Å². The van der Waals surface area contributed by atoms with Crippen LogP contribution in [0.5, 0.6) is 11.5 Å². The molecule has 0 radical (unpaired) electrons. The molecule has 3 N–H and O–H groups in total. The zero-order valence-electron chi connectivity index (χ0n) is 18.1. The third kappa shape index (κ3) is 5.75. The van der Waals surface area contributed by atoms with E-state index >= 15 is 0 Å². The summed E-state index contributed by atoms with van der Waals surface area (Å²) < 4.78 is 7.17. The van der Waals surface area contributed by atoms with Gasteiger partial charge in [-0.25, -0.2) is 5.43 Å². The summed E-state index contributed by atoms with van der Waals surface area (Å²) in [6.07, 6.45) is 1.46. The summed E-state index contributed by atoms with van der Waals surface area (Å²) in [6.45, 7) is 0. The average molecular weight is 495 g/mol. The number of methoxy groups -OCH3 is 1. The molecule has 1 aromatic heterocycles. The Morgan fingerprint density at radius 1 is 1.21 bits per heavy atom. The summed E-state index contributed by atoms with van der Waals surface area (Å²) in [7, 11) is 1.62. The van der Waals surface area contributed by atoms with Crippen LogP contribution in [0.1, 0.15) is 5.56 Å². The molecule has 0 aliphatic rings. The van der Waals surface area contributed by atoms with Crippen LogP contribution in [0.25, 0.3) is 17.1 Å². The van der Waals surface area contributed by atoms with Crippen molar-refractivity contribution in [1.82, 2.24) is 15.6 Å². The molecule has 0 fully saturated rings. The van der Waals surface area contributed by atoms with Crippen molar-refractivity contribution >= 4 is 35.5 Å². The lowest BCUT2D eigenvalue weighted by atomic mass is 10.2. The van der Waals surface area contributed by atoms with Gasteiger partial charge in [0.25, 0.3) is 11.7 Å². The van der Waals surface area contributed by atoms with E-state index < -0.39 is 0 Å². The number of aromatic nitrogens is 3. The summed E-state index contributed by atoms with van der Waals surface area (Å²) in [5, 5.41) is 22.2. The third-order valence-corrected chi connectivity index (χ3v) is 5.92. The van der Waals surface area contributed by atoms with E-state index in [0.717, 1.165) is 22.8 Å². The zero-order chi connectivity index (χ0) is 23.9. The van der Waals surface area contributed by atoms with Crippen LogP contribution in [0.15, 0.2) is 83.1 Å². The first-order chi connectivity index (χ1) is 16.5. The SMILES string of the molecule is COc1ccc(-c2[nH]nc(SCC(=O)NN=Cc3cccc(O)c3)[n+]2-c2ccc(Cl)cc2)cc1. The van der Waals surface area contributed by atoms with Crippen molar-refractivity contribution < 1.29 is 19.2 Å². The number of carbonyl (C=O) groups excluding carboxylic acids is 1. The van der Waals surface area contributed by atoms with Gasteiger partial charge in [0, 0.05) is 5.02 Å². The number of hydrogen-bond donors (Lipinski definition) is 3. The highest BCUT2D eigenvalue weighted by Gasteiger charge is 2.24. The molecule has 0 saturated carbocycles. The molecule has 0 bridgehead atoms. The lowest BCUT2D eigenvalue weighted by Gasteiger charge is -2.05. The minimum Gasteiger partial charge on any atom is -0.508 e. The van der Waals surface area contributed by atoms with Crippen LogP contribution in [-0.4, -0.2) is 40.3 Å². The van der Waals surface area contributed by atoms with Crippen molar-refractivity contribution in [3.63, 3.8) is 0 Å². The molecule has 4 rings (SSSR count). The van der Waals surface area contributed by atoms with Crippen molar-refractivity contribution in [2.45, 2.75) is 5.16 Å². The first-order valence-corrected chi connectivity index (χ1v) is 11.5. The van der Waals surface area contributed by atoms with E-state index in [1.54, 1.807) is 43.5 Å². The number of H-pyrrole nitrogens is 1. The van der Waals surface area contributed by atoms with E-state index in [1.807, 2.05) is 41.0 Å². The Morgan fingerprint density at radius 3 is 2.68 bits per heavy atom. The molecule has 4 aromatic rings. The van der Waals surface area contributed by atoms with Crippen molar-refractivity contribution in [3.05, 3.63) is 83.4 Å². The Labute approximate surface area is 205 Å². The number of hydrogen-bond acceptors (Lipinski definition) is 6.